The van der Waals surface area contributed by atoms with Gasteiger partial charge in [-0.1, -0.05) is 47.6 Å². The van der Waals surface area contributed by atoms with Crippen molar-refractivity contribution in [1.29, 1.82) is 0 Å². The van der Waals surface area contributed by atoms with E-state index in [1.165, 1.54) is 5.56 Å². The molecule has 0 saturated carbocycles. The number of pyridine rings is 1. The molecule has 22 heavy (non-hydrogen) atoms. The Kier molecular flexibility index (Phi) is 3.48. The predicted molar refractivity (Wildman–Crippen MR) is 90.3 cm³/mol. The molecule has 0 aliphatic carbocycles. The van der Waals surface area contributed by atoms with E-state index in [0.717, 1.165) is 27.8 Å². The molecule has 0 aliphatic rings. The van der Waals surface area contributed by atoms with Crippen molar-refractivity contribution in [2.45, 2.75) is 11.0 Å². The van der Waals surface area contributed by atoms with Gasteiger partial charge < -0.3 is 4.42 Å². The minimum atomic E-state index is 0.644. The van der Waals surface area contributed by atoms with Gasteiger partial charge in [-0.05, 0) is 29.8 Å². The summed E-state index contributed by atoms with van der Waals surface area (Å²) in [6.07, 6.45) is 1.82. The van der Waals surface area contributed by atoms with Crippen LogP contribution in [-0.2, 0) is 5.75 Å². The molecule has 3 nitrogen and oxygen atoms in total. The fourth-order valence-electron chi connectivity index (χ4n) is 2.36. The van der Waals surface area contributed by atoms with E-state index in [9.17, 15) is 0 Å². The molecular weight excluding hydrogens is 316 g/mol. The third-order valence-electron chi connectivity index (χ3n) is 3.40. The summed E-state index contributed by atoms with van der Waals surface area (Å²) >= 11 is 7.53. The smallest absolute Gasteiger partial charge is 0.257 e. The Bertz CT molecular complexity index is 962. The van der Waals surface area contributed by atoms with Crippen LogP contribution < -0.4 is 0 Å². The largest absolute Gasteiger partial charge is 0.431 e. The van der Waals surface area contributed by atoms with Crippen molar-refractivity contribution in [1.82, 2.24) is 9.97 Å². The lowest BCUT2D eigenvalue weighted by Crippen LogP contribution is -1.86. The van der Waals surface area contributed by atoms with Crippen LogP contribution in [0.25, 0.3) is 22.0 Å². The predicted octanol–water partition coefficient (Wildman–Crippen LogP) is 5.32. The Hall–Kier alpha value is -2.04. The standard InChI is InChI=1S/C17H11ClN2OS/c18-13-6-7-15-14(9-13)20-17(21-15)22-10-12-4-1-3-11-5-2-8-19-16(11)12/h1-9H,10H2. The summed E-state index contributed by atoms with van der Waals surface area (Å²) in [6.45, 7) is 0. The summed E-state index contributed by atoms with van der Waals surface area (Å²) in [5, 5.41) is 2.45. The lowest BCUT2D eigenvalue weighted by molar-refractivity contribution is 0.489. The van der Waals surface area contributed by atoms with Crippen LogP contribution in [0.5, 0.6) is 0 Å². The molecule has 0 unspecified atom stereocenters. The van der Waals surface area contributed by atoms with Crippen LogP contribution in [0, 0.1) is 0 Å². The number of oxazole rings is 1. The first-order valence-electron chi connectivity index (χ1n) is 6.81. The molecule has 108 valence electrons. The Morgan fingerprint density at radius 3 is 2.95 bits per heavy atom. The van der Waals surface area contributed by atoms with E-state index in [4.69, 9.17) is 16.0 Å². The van der Waals surface area contributed by atoms with Crippen molar-refractivity contribution in [3.05, 3.63) is 65.3 Å². The van der Waals surface area contributed by atoms with Gasteiger partial charge in [0.1, 0.15) is 5.52 Å². The van der Waals surface area contributed by atoms with Crippen molar-refractivity contribution in [3.8, 4) is 0 Å². The second kappa shape index (κ2) is 5.63. The van der Waals surface area contributed by atoms with Crippen molar-refractivity contribution in [3.63, 3.8) is 0 Å². The zero-order valence-corrected chi connectivity index (χ0v) is 13.1. The first-order valence-corrected chi connectivity index (χ1v) is 8.17. The van der Waals surface area contributed by atoms with Gasteiger partial charge in [0.2, 0.25) is 0 Å². The van der Waals surface area contributed by atoms with Gasteiger partial charge in [0.05, 0.1) is 5.52 Å². The second-order valence-corrected chi connectivity index (χ2v) is 6.24. The topological polar surface area (TPSA) is 38.9 Å². The van der Waals surface area contributed by atoms with Gasteiger partial charge in [-0.3, -0.25) is 4.98 Å². The lowest BCUT2D eigenvalue weighted by atomic mass is 10.1. The molecule has 2 heterocycles. The molecule has 2 aromatic carbocycles. The molecule has 5 heteroatoms. The van der Waals surface area contributed by atoms with Crippen molar-refractivity contribution < 1.29 is 4.42 Å². The second-order valence-electron chi connectivity index (χ2n) is 4.87. The summed E-state index contributed by atoms with van der Waals surface area (Å²) in [4.78, 5) is 8.93. The van der Waals surface area contributed by atoms with Gasteiger partial charge in [-0.15, -0.1) is 0 Å². The Morgan fingerprint density at radius 1 is 1.09 bits per heavy atom. The molecule has 0 radical (unpaired) electrons. The van der Waals surface area contributed by atoms with E-state index < -0.39 is 0 Å². The van der Waals surface area contributed by atoms with Crippen LogP contribution in [-0.4, -0.2) is 9.97 Å². The molecule has 0 spiro atoms. The molecule has 0 aliphatic heterocycles. The van der Waals surface area contributed by atoms with Gasteiger partial charge in [0, 0.05) is 22.4 Å². The molecule has 0 saturated heterocycles. The summed E-state index contributed by atoms with van der Waals surface area (Å²) in [7, 11) is 0. The molecule has 4 aromatic rings. The van der Waals surface area contributed by atoms with Crippen molar-refractivity contribution in [2.75, 3.05) is 0 Å². The number of fused-ring (bicyclic) bond motifs is 2. The van der Waals surface area contributed by atoms with Gasteiger partial charge in [-0.2, -0.15) is 0 Å². The highest BCUT2D eigenvalue weighted by Gasteiger charge is 2.09. The van der Waals surface area contributed by atoms with Crippen LogP contribution in [0.2, 0.25) is 5.02 Å². The normalized spacial score (nSPS) is 11.3. The van der Waals surface area contributed by atoms with E-state index >= 15 is 0 Å². The fraction of sp³-hybridized carbons (Fsp3) is 0.0588. The highest BCUT2D eigenvalue weighted by atomic mass is 35.5. The van der Waals surface area contributed by atoms with Crippen LogP contribution in [0.3, 0.4) is 0 Å². The summed E-state index contributed by atoms with van der Waals surface area (Å²) in [5.41, 5.74) is 3.73. The highest BCUT2D eigenvalue weighted by molar-refractivity contribution is 7.98. The Labute approximate surface area is 136 Å². The summed E-state index contributed by atoms with van der Waals surface area (Å²) in [5.74, 6) is 0.759. The Morgan fingerprint density at radius 2 is 2.00 bits per heavy atom. The third-order valence-corrected chi connectivity index (χ3v) is 4.51. The van der Waals surface area contributed by atoms with Gasteiger partial charge >= 0.3 is 0 Å². The number of benzene rings is 2. The maximum absolute atomic E-state index is 5.97. The van der Waals surface area contributed by atoms with E-state index in [2.05, 4.69) is 28.2 Å². The molecule has 0 N–H and O–H groups in total. The third kappa shape index (κ3) is 2.56. The summed E-state index contributed by atoms with van der Waals surface area (Å²) < 4.78 is 5.73. The highest BCUT2D eigenvalue weighted by Crippen LogP contribution is 2.29. The van der Waals surface area contributed by atoms with Crippen LogP contribution in [0.15, 0.2) is 64.4 Å². The summed E-state index contributed by atoms with van der Waals surface area (Å²) in [6, 6.07) is 15.7. The fourth-order valence-corrected chi connectivity index (χ4v) is 3.35. The zero-order valence-electron chi connectivity index (χ0n) is 11.5. The zero-order chi connectivity index (χ0) is 14.9. The SMILES string of the molecule is Clc1ccc2oc(SCc3cccc4cccnc34)nc2c1. The van der Waals surface area contributed by atoms with Gasteiger partial charge in [0.15, 0.2) is 5.58 Å². The van der Waals surface area contributed by atoms with E-state index in [-0.39, 0.29) is 0 Å². The van der Waals surface area contributed by atoms with E-state index in [1.807, 2.05) is 30.5 Å². The Balaban J connectivity index is 1.62. The average Bonchev–Trinajstić information content (AvgIpc) is 2.95. The maximum Gasteiger partial charge on any atom is 0.257 e. The number of para-hydroxylation sites is 1. The molecule has 0 fully saturated rings. The first kappa shape index (κ1) is 13.6. The van der Waals surface area contributed by atoms with Gasteiger partial charge in [0.25, 0.3) is 5.22 Å². The molecule has 0 amide bonds. The van der Waals surface area contributed by atoms with Crippen molar-refractivity contribution in [2.24, 2.45) is 0 Å². The number of halogens is 1. The quantitative estimate of drug-likeness (QED) is 0.477. The first-order chi connectivity index (χ1) is 10.8. The van der Waals surface area contributed by atoms with Gasteiger partial charge in [-0.25, -0.2) is 4.98 Å². The average molecular weight is 327 g/mol. The number of nitrogens with zero attached hydrogens (tertiary/aromatic N) is 2. The molecule has 4 rings (SSSR count). The molecule has 2 aromatic heterocycles. The van der Waals surface area contributed by atoms with Crippen molar-refractivity contribution >= 4 is 45.4 Å². The number of rotatable bonds is 3. The van der Waals surface area contributed by atoms with Crippen LogP contribution in [0.1, 0.15) is 5.56 Å². The monoisotopic (exact) mass is 326 g/mol. The molecule has 0 bridgehead atoms. The van der Waals surface area contributed by atoms with E-state index in [1.54, 1.807) is 17.8 Å². The number of thioether (sulfide) groups is 1. The minimum absolute atomic E-state index is 0.644. The number of aromatic nitrogens is 2. The van der Waals surface area contributed by atoms with E-state index in [0.29, 0.717) is 10.2 Å². The maximum atomic E-state index is 5.97. The lowest BCUT2D eigenvalue weighted by Gasteiger charge is -2.03. The van der Waals surface area contributed by atoms with Crippen LogP contribution in [0.4, 0.5) is 0 Å². The minimum Gasteiger partial charge on any atom is -0.431 e. The molecule has 0 atom stereocenters. The molecular formula is C17H11ClN2OS. The van der Waals surface area contributed by atoms with Crippen LogP contribution >= 0.6 is 23.4 Å². The number of hydrogen-bond donors (Lipinski definition) is 0. The number of hydrogen-bond acceptors (Lipinski definition) is 4.